The van der Waals surface area contributed by atoms with Gasteiger partial charge in [-0.05, 0) is 19.8 Å². The van der Waals surface area contributed by atoms with E-state index in [1.165, 1.54) is 9.47 Å². The molecular weight excluding hydrogens is 256 g/mol. The Balaban J connectivity index is 2.13. The minimum atomic E-state index is -0.977. The van der Waals surface area contributed by atoms with Crippen LogP contribution in [0.5, 0.6) is 0 Å². The van der Waals surface area contributed by atoms with E-state index in [2.05, 4.69) is 0 Å². The molecule has 1 N–H and O–H groups in total. The van der Waals surface area contributed by atoms with Crippen molar-refractivity contribution >= 4 is 23.2 Å². The van der Waals surface area contributed by atoms with Gasteiger partial charge in [-0.3, -0.25) is 14.2 Å². The highest BCUT2D eigenvalue weighted by molar-refractivity contribution is 7.07. The van der Waals surface area contributed by atoms with Gasteiger partial charge in [0.1, 0.15) is 12.6 Å². The number of hydrogen-bond acceptors (Lipinski definition) is 4. The topological polar surface area (TPSA) is 79.6 Å². The molecule has 0 bridgehead atoms. The Morgan fingerprint density at radius 1 is 1.56 bits per heavy atom. The maximum atomic E-state index is 12.0. The van der Waals surface area contributed by atoms with Crippen molar-refractivity contribution in [1.29, 1.82) is 0 Å². The largest absolute Gasteiger partial charge is 0.480 e. The van der Waals surface area contributed by atoms with Crippen LogP contribution in [0.2, 0.25) is 0 Å². The fourth-order valence-corrected chi connectivity index (χ4v) is 2.88. The predicted octanol–water partition coefficient (Wildman–Crippen LogP) is 0.294. The first-order valence-electron chi connectivity index (χ1n) is 5.68. The second-order valence-electron chi connectivity index (χ2n) is 4.31. The van der Waals surface area contributed by atoms with Crippen LogP contribution >= 0.6 is 11.3 Å². The zero-order valence-electron chi connectivity index (χ0n) is 9.96. The molecule has 1 atom stereocenters. The number of carbonyl (C=O) groups is 2. The van der Waals surface area contributed by atoms with E-state index in [0.29, 0.717) is 19.4 Å². The summed E-state index contributed by atoms with van der Waals surface area (Å²) >= 11 is 1.04. The van der Waals surface area contributed by atoms with E-state index in [1.807, 2.05) is 0 Å². The molecule has 1 aliphatic heterocycles. The highest BCUT2D eigenvalue weighted by atomic mass is 32.1. The van der Waals surface area contributed by atoms with E-state index in [9.17, 15) is 14.4 Å². The first-order chi connectivity index (χ1) is 8.50. The van der Waals surface area contributed by atoms with Crippen molar-refractivity contribution in [3.8, 4) is 0 Å². The molecule has 0 aliphatic carbocycles. The van der Waals surface area contributed by atoms with Crippen molar-refractivity contribution in [1.82, 2.24) is 9.47 Å². The lowest BCUT2D eigenvalue weighted by Gasteiger charge is -2.21. The summed E-state index contributed by atoms with van der Waals surface area (Å²) in [5.41, 5.74) is 0.726. The molecule has 0 aromatic carbocycles. The smallest absolute Gasteiger partial charge is 0.326 e. The van der Waals surface area contributed by atoms with Crippen LogP contribution in [0, 0.1) is 6.92 Å². The van der Waals surface area contributed by atoms with E-state index in [0.717, 1.165) is 17.0 Å². The van der Waals surface area contributed by atoms with Gasteiger partial charge in [0.15, 0.2) is 0 Å². The van der Waals surface area contributed by atoms with Crippen LogP contribution in [0.1, 0.15) is 18.5 Å². The summed E-state index contributed by atoms with van der Waals surface area (Å²) < 4.78 is 1.38. The highest BCUT2D eigenvalue weighted by Crippen LogP contribution is 2.18. The molecule has 98 valence electrons. The van der Waals surface area contributed by atoms with Crippen molar-refractivity contribution < 1.29 is 14.7 Å². The van der Waals surface area contributed by atoms with Crippen LogP contribution in [-0.4, -0.2) is 39.0 Å². The van der Waals surface area contributed by atoms with Gasteiger partial charge in [0.2, 0.25) is 5.91 Å². The first kappa shape index (κ1) is 12.8. The number of hydrogen-bond donors (Lipinski definition) is 1. The summed E-state index contributed by atoms with van der Waals surface area (Å²) in [6.45, 7) is 2.13. The molecule has 1 aromatic rings. The van der Waals surface area contributed by atoms with Crippen LogP contribution in [0.4, 0.5) is 0 Å². The molecule has 1 saturated heterocycles. The van der Waals surface area contributed by atoms with Gasteiger partial charge < -0.3 is 10.0 Å². The molecule has 1 fully saturated rings. The molecule has 1 aromatic heterocycles. The molecule has 6 nitrogen and oxygen atoms in total. The number of aliphatic carboxylic acids is 1. The van der Waals surface area contributed by atoms with E-state index in [-0.39, 0.29) is 17.3 Å². The van der Waals surface area contributed by atoms with E-state index >= 15 is 0 Å². The third-order valence-electron chi connectivity index (χ3n) is 3.13. The maximum absolute atomic E-state index is 12.0. The molecule has 2 heterocycles. The van der Waals surface area contributed by atoms with Gasteiger partial charge >= 0.3 is 10.8 Å². The Bertz CT molecular complexity index is 533. The van der Waals surface area contributed by atoms with Gasteiger partial charge in [0.05, 0.1) is 0 Å². The van der Waals surface area contributed by atoms with Gasteiger partial charge in [0.25, 0.3) is 0 Å². The molecule has 0 unspecified atom stereocenters. The Labute approximate surface area is 107 Å². The zero-order chi connectivity index (χ0) is 13.3. The predicted molar refractivity (Wildman–Crippen MR) is 65.7 cm³/mol. The average molecular weight is 270 g/mol. The molecule has 0 spiro atoms. The van der Waals surface area contributed by atoms with Gasteiger partial charge in [0, 0.05) is 17.6 Å². The summed E-state index contributed by atoms with van der Waals surface area (Å²) in [7, 11) is 0. The molecular formula is C11H14N2O4S. The SMILES string of the molecule is Cc1csc(=O)n1CC(=O)N1CCC[C@H]1C(=O)O. The zero-order valence-corrected chi connectivity index (χ0v) is 10.8. The third-order valence-corrected chi connectivity index (χ3v) is 4.01. The molecule has 7 heteroatoms. The second-order valence-corrected chi connectivity index (χ2v) is 5.13. The summed E-state index contributed by atoms with van der Waals surface area (Å²) in [6, 6.07) is -0.743. The van der Waals surface area contributed by atoms with Gasteiger partial charge in [-0.2, -0.15) is 0 Å². The Kier molecular flexibility index (Phi) is 3.51. The number of nitrogens with zero attached hydrogens (tertiary/aromatic N) is 2. The lowest BCUT2D eigenvalue weighted by atomic mass is 10.2. The van der Waals surface area contributed by atoms with Crippen LogP contribution in [0.25, 0.3) is 0 Å². The van der Waals surface area contributed by atoms with E-state index in [4.69, 9.17) is 5.11 Å². The van der Waals surface area contributed by atoms with Crippen molar-refractivity contribution in [3.05, 3.63) is 20.7 Å². The summed E-state index contributed by atoms with van der Waals surface area (Å²) in [6.07, 6.45) is 1.18. The van der Waals surface area contributed by atoms with Crippen LogP contribution in [0.3, 0.4) is 0 Å². The molecule has 0 radical (unpaired) electrons. The maximum Gasteiger partial charge on any atom is 0.326 e. The first-order valence-corrected chi connectivity index (χ1v) is 6.56. The fourth-order valence-electron chi connectivity index (χ4n) is 2.14. The van der Waals surface area contributed by atoms with Crippen molar-refractivity contribution in [3.63, 3.8) is 0 Å². The summed E-state index contributed by atoms with van der Waals surface area (Å²) in [5.74, 6) is -1.28. The number of carboxylic acid groups (broad SMARTS) is 1. The minimum Gasteiger partial charge on any atom is -0.480 e. The number of carboxylic acids is 1. The standard InChI is InChI=1S/C11H14N2O4S/c1-7-6-18-11(17)13(7)5-9(14)12-4-2-3-8(12)10(15)16/h6,8H,2-5H2,1H3,(H,15,16)/t8-/m0/s1. The number of carbonyl (C=O) groups excluding carboxylic acids is 1. The van der Waals surface area contributed by atoms with Gasteiger partial charge in [-0.1, -0.05) is 11.3 Å². The Morgan fingerprint density at radius 3 is 2.83 bits per heavy atom. The number of amides is 1. The van der Waals surface area contributed by atoms with Gasteiger partial charge in [-0.25, -0.2) is 4.79 Å². The quantitative estimate of drug-likeness (QED) is 0.856. The lowest BCUT2D eigenvalue weighted by molar-refractivity contribution is -0.148. The molecule has 2 rings (SSSR count). The summed E-state index contributed by atoms with van der Waals surface area (Å²) in [5, 5.41) is 10.7. The third kappa shape index (κ3) is 2.31. The minimum absolute atomic E-state index is 0.0715. The number of likely N-dealkylation sites (tertiary alicyclic amines) is 1. The van der Waals surface area contributed by atoms with Crippen LogP contribution in [-0.2, 0) is 16.1 Å². The van der Waals surface area contributed by atoms with Crippen LogP contribution < -0.4 is 4.87 Å². The number of rotatable bonds is 3. The Morgan fingerprint density at radius 2 is 2.28 bits per heavy atom. The fraction of sp³-hybridized carbons (Fsp3) is 0.545. The normalized spacial score (nSPS) is 19.2. The Hall–Kier alpha value is -1.63. The van der Waals surface area contributed by atoms with Crippen molar-refractivity contribution in [2.24, 2.45) is 0 Å². The molecule has 18 heavy (non-hydrogen) atoms. The lowest BCUT2D eigenvalue weighted by Crippen LogP contribution is -2.42. The molecule has 0 saturated carbocycles. The molecule has 1 amide bonds. The van der Waals surface area contributed by atoms with Crippen molar-refractivity contribution in [2.75, 3.05) is 6.54 Å². The van der Waals surface area contributed by atoms with Crippen LogP contribution in [0.15, 0.2) is 10.2 Å². The summed E-state index contributed by atoms with van der Waals surface area (Å²) in [4.78, 5) is 35.7. The number of thiazole rings is 1. The monoisotopic (exact) mass is 270 g/mol. The highest BCUT2D eigenvalue weighted by Gasteiger charge is 2.34. The molecule has 1 aliphatic rings. The second kappa shape index (κ2) is 4.93. The van der Waals surface area contributed by atoms with E-state index < -0.39 is 12.0 Å². The number of aryl methyl sites for hydroxylation is 1. The van der Waals surface area contributed by atoms with Crippen molar-refractivity contribution in [2.45, 2.75) is 32.4 Å². The number of aromatic nitrogens is 1. The van der Waals surface area contributed by atoms with E-state index in [1.54, 1.807) is 12.3 Å². The van der Waals surface area contributed by atoms with Gasteiger partial charge in [-0.15, -0.1) is 0 Å². The average Bonchev–Trinajstić information content (AvgIpc) is 2.90.